The fourth-order valence-electron chi connectivity index (χ4n) is 2.22. The van der Waals surface area contributed by atoms with Crippen LogP contribution in [0, 0.1) is 5.92 Å². The van der Waals surface area contributed by atoms with Gasteiger partial charge in [-0.1, -0.05) is 37.3 Å². The Morgan fingerprint density at radius 1 is 1.32 bits per heavy atom. The van der Waals surface area contributed by atoms with Crippen molar-refractivity contribution in [1.29, 1.82) is 0 Å². The van der Waals surface area contributed by atoms with E-state index >= 15 is 0 Å². The fraction of sp³-hybridized carbons (Fsp3) is 0.467. The van der Waals surface area contributed by atoms with Crippen molar-refractivity contribution in [2.24, 2.45) is 5.92 Å². The first-order valence-corrected chi connectivity index (χ1v) is 6.65. The van der Waals surface area contributed by atoms with Gasteiger partial charge in [0.1, 0.15) is 6.04 Å². The lowest BCUT2D eigenvalue weighted by Gasteiger charge is -2.16. The summed E-state index contributed by atoms with van der Waals surface area (Å²) >= 11 is 0. The molecule has 4 nitrogen and oxygen atoms in total. The molecule has 1 aliphatic carbocycles. The molecule has 102 valence electrons. The van der Waals surface area contributed by atoms with E-state index in [4.69, 9.17) is 5.11 Å². The van der Waals surface area contributed by atoms with Gasteiger partial charge in [-0.2, -0.15) is 0 Å². The minimum Gasteiger partial charge on any atom is -0.480 e. The third kappa shape index (κ3) is 3.81. The van der Waals surface area contributed by atoms with Crippen LogP contribution in [0.25, 0.3) is 0 Å². The van der Waals surface area contributed by atoms with Gasteiger partial charge in [-0.25, -0.2) is 4.79 Å². The van der Waals surface area contributed by atoms with E-state index < -0.39 is 12.0 Å². The molecule has 2 atom stereocenters. The van der Waals surface area contributed by atoms with Crippen LogP contribution in [0.15, 0.2) is 30.3 Å². The molecule has 2 N–H and O–H groups in total. The summed E-state index contributed by atoms with van der Waals surface area (Å²) in [7, 11) is 0. The highest BCUT2D eigenvalue weighted by Crippen LogP contribution is 2.33. The fourth-order valence-corrected chi connectivity index (χ4v) is 2.22. The van der Waals surface area contributed by atoms with E-state index in [1.165, 1.54) is 0 Å². The number of hydrogen-bond acceptors (Lipinski definition) is 2. The van der Waals surface area contributed by atoms with E-state index in [0.717, 1.165) is 18.4 Å². The molecule has 0 aromatic heterocycles. The number of carbonyl (C=O) groups is 2. The molecule has 4 heteroatoms. The predicted molar refractivity (Wildman–Crippen MR) is 71.8 cm³/mol. The van der Waals surface area contributed by atoms with Crippen LogP contribution in [0.1, 0.15) is 37.7 Å². The summed E-state index contributed by atoms with van der Waals surface area (Å²) in [4.78, 5) is 23.0. The molecule has 1 aromatic carbocycles. The van der Waals surface area contributed by atoms with Gasteiger partial charge in [-0.15, -0.1) is 0 Å². The Bertz CT molecular complexity index is 454. The Balaban J connectivity index is 1.88. The van der Waals surface area contributed by atoms with Gasteiger partial charge in [0.25, 0.3) is 0 Å². The Kier molecular flexibility index (Phi) is 4.20. The van der Waals surface area contributed by atoms with Gasteiger partial charge in [-0.05, 0) is 30.2 Å². The summed E-state index contributed by atoms with van der Waals surface area (Å²) in [6.45, 7) is 1.97. The third-order valence-electron chi connectivity index (χ3n) is 3.54. The summed E-state index contributed by atoms with van der Waals surface area (Å²) in [5, 5.41) is 11.7. The van der Waals surface area contributed by atoms with Crippen LogP contribution >= 0.6 is 0 Å². The maximum atomic E-state index is 11.9. The van der Waals surface area contributed by atoms with E-state index in [1.807, 2.05) is 37.3 Å². The van der Waals surface area contributed by atoms with Crippen LogP contribution in [0.4, 0.5) is 0 Å². The predicted octanol–water partition coefficient (Wildman–Crippen LogP) is 2.16. The quantitative estimate of drug-likeness (QED) is 0.824. The van der Waals surface area contributed by atoms with Gasteiger partial charge >= 0.3 is 5.97 Å². The van der Waals surface area contributed by atoms with E-state index in [1.54, 1.807) is 0 Å². The van der Waals surface area contributed by atoms with Crippen LogP contribution in [0.2, 0.25) is 0 Å². The Morgan fingerprint density at radius 3 is 2.47 bits per heavy atom. The van der Waals surface area contributed by atoms with Gasteiger partial charge in [0.05, 0.1) is 0 Å². The normalized spacial score (nSPS) is 17.5. The summed E-state index contributed by atoms with van der Waals surface area (Å²) in [6, 6.07) is 9.06. The zero-order valence-electron chi connectivity index (χ0n) is 11.0. The number of rotatable bonds is 6. The molecule has 0 bridgehead atoms. The second-order valence-electron chi connectivity index (χ2n) is 5.24. The van der Waals surface area contributed by atoms with Crippen molar-refractivity contribution in [1.82, 2.24) is 5.32 Å². The number of carboxylic acids is 1. The highest BCUT2D eigenvalue weighted by atomic mass is 16.4. The SMILES string of the molecule is CC(CC(=O)NC(C(=O)O)C1CC1)c1ccccc1. The average molecular weight is 261 g/mol. The van der Waals surface area contributed by atoms with Crippen LogP contribution in [0.5, 0.6) is 0 Å². The van der Waals surface area contributed by atoms with E-state index in [-0.39, 0.29) is 17.7 Å². The molecule has 0 radical (unpaired) electrons. The van der Waals surface area contributed by atoms with Crippen molar-refractivity contribution in [3.63, 3.8) is 0 Å². The first kappa shape index (κ1) is 13.6. The van der Waals surface area contributed by atoms with Crippen LogP contribution < -0.4 is 5.32 Å². The van der Waals surface area contributed by atoms with E-state index in [9.17, 15) is 9.59 Å². The van der Waals surface area contributed by atoms with Gasteiger partial charge in [-0.3, -0.25) is 4.79 Å². The molecule has 2 rings (SSSR count). The molecule has 0 saturated heterocycles. The van der Waals surface area contributed by atoms with Gasteiger partial charge in [0.15, 0.2) is 0 Å². The first-order valence-electron chi connectivity index (χ1n) is 6.65. The molecule has 2 unspecified atom stereocenters. The lowest BCUT2D eigenvalue weighted by molar-refractivity contribution is -0.142. The molecule has 0 heterocycles. The van der Waals surface area contributed by atoms with Crippen LogP contribution in [0.3, 0.4) is 0 Å². The maximum absolute atomic E-state index is 11.9. The van der Waals surface area contributed by atoms with Gasteiger partial charge in [0.2, 0.25) is 5.91 Å². The minimum atomic E-state index is -0.928. The molecule has 1 saturated carbocycles. The molecule has 0 spiro atoms. The highest BCUT2D eigenvalue weighted by Gasteiger charge is 2.37. The molecular formula is C15H19NO3. The van der Waals surface area contributed by atoms with Crippen molar-refractivity contribution < 1.29 is 14.7 Å². The topological polar surface area (TPSA) is 66.4 Å². The van der Waals surface area contributed by atoms with Crippen molar-refractivity contribution >= 4 is 11.9 Å². The maximum Gasteiger partial charge on any atom is 0.326 e. The van der Waals surface area contributed by atoms with Gasteiger partial charge < -0.3 is 10.4 Å². The molecule has 1 fully saturated rings. The molecular weight excluding hydrogens is 242 g/mol. The number of hydrogen-bond donors (Lipinski definition) is 2. The van der Waals surface area contributed by atoms with E-state index in [2.05, 4.69) is 5.32 Å². The first-order chi connectivity index (χ1) is 9.08. The van der Waals surface area contributed by atoms with Crippen LogP contribution in [-0.4, -0.2) is 23.0 Å². The smallest absolute Gasteiger partial charge is 0.326 e. The highest BCUT2D eigenvalue weighted by molar-refractivity contribution is 5.84. The van der Waals surface area contributed by atoms with Gasteiger partial charge in [0, 0.05) is 6.42 Å². The lowest BCUT2D eigenvalue weighted by Crippen LogP contribution is -2.42. The van der Waals surface area contributed by atoms with E-state index in [0.29, 0.717) is 6.42 Å². The summed E-state index contributed by atoms with van der Waals surface area (Å²) in [5.41, 5.74) is 1.09. The number of carbonyl (C=O) groups excluding carboxylic acids is 1. The second kappa shape index (κ2) is 5.87. The standard InChI is InChI=1S/C15H19NO3/c1-10(11-5-3-2-4-6-11)9-13(17)16-14(15(18)19)12-7-8-12/h2-6,10,12,14H,7-9H2,1H3,(H,16,17)(H,18,19). The van der Waals surface area contributed by atoms with Crippen molar-refractivity contribution in [3.8, 4) is 0 Å². The number of aliphatic carboxylic acids is 1. The Morgan fingerprint density at radius 2 is 1.95 bits per heavy atom. The zero-order valence-corrected chi connectivity index (χ0v) is 11.0. The zero-order chi connectivity index (χ0) is 13.8. The Labute approximate surface area is 112 Å². The molecule has 1 amide bonds. The lowest BCUT2D eigenvalue weighted by atomic mass is 9.97. The number of carboxylic acid groups (broad SMARTS) is 1. The van der Waals surface area contributed by atoms with Crippen molar-refractivity contribution in [3.05, 3.63) is 35.9 Å². The average Bonchev–Trinajstić information content (AvgIpc) is 3.21. The number of benzene rings is 1. The summed E-state index contributed by atoms with van der Waals surface area (Å²) < 4.78 is 0. The second-order valence-corrected chi connectivity index (χ2v) is 5.24. The molecule has 1 aromatic rings. The summed E-state index contributed by atoms with van der Waals surface area (Å²) in [6.07, 6.45) is 2.11. The molecule has 19 heavy (non-hydrogen) atoms. The third-order valence-corrected chi connectivity index (χ3v) is 3.54. The molecule has 0 aliphatic heterocycles. The van der Waals surface area contributed by atoms with Crippen molar-refractivity contribution in [2.75, 3.05) is 0 Å². The monoisotopic (exact) mass is 261 g/mol. The molecule has 1 aliphatic rings. The number of nitrogens with one attached hydrogen (secondary N) is 1. The van der Waals surface area contributed by atoms with Crippen LogP contribution in [-0.2, 0) is 9.59 Å². The Hall–Kier alpha value is -1.84. The van der Waals surface area contributed by atoms with Crippen molar-refractivity contribution in [2.45, 2.75) is 38.1 Å². The number of amides is 1. The minimum absolute atomic E-state index is 0.0925. The largest absolute Gasteiger partial charge is 0.480 e. The summed E-state index contributed by atoms with van der Waals surface area (Å²) in [5.74, 6) is -0.901.